The van der Waals surface area contributed by atoms with E-state index in [1.807, 2.05) is 24.3 Å². The van der Waals surface area contributed by atoms with Crippen molar-refractivity contribution in [2.45, 2.75) is 6.42 Å². The molecule has 0 saturated carbocycles. The van der Waals surface area contributed by atoms with Crippen molar-refractivity contribution in [1.82, 2.24) is 4.98 Å². The number of nitrogens with one attached hydrogen (secondary N) is 1. The molecule has 1 unspecified atom stereocenters. The lowest BCUT2D eigenvalue weighted by Crippen LogP contribution is -2.22. The van der Waals surface area contributed by atoms with Crippen molar-refractivity contribution in [3.05, 3.63) is 54.6 Å². The van der Waals surface area contributed by atoms with Gasteiger partial charge in [0.2, 0.25) is 0 Å². The highest BCUT2D eigenvalue weighted by Crippen LogP contribution is 2.24. The van der Waals surface area contributed by atoms with Gasteiger partial charge in [0, 0.05) is 25.3 Å². The van der Waals surface area contributed by atoms with Crippen LogP contribution in [0.25, 0.3) is 11.1 Å². The molecule has 1 aliphatic heterocycles. The summed E-state index contributed by atoms with van der Waals surface area (Å²) in [4.78, 5) is 6.90. The lowest BCUT2D eigenvalue weighted by Gasteiger charge is -2.18. The van der Waals surface area contributed by atoms with E-state index in [0.29, 0.717) is 11.9 Å². The molecular formula is C18H19N3O. The van der Waals surface area contributed by atoms with E-state index in [1.54, 1.807) is 0 Å². The zero-order valence-corrected chi connectivity index (χ0v) is 12.4. The number of aromatic nitrogens is 1. The minimum atomic E-state index is 0.621. The van der Waals surface area contributed by atoms with Gasteiger partial charge in [0.25, 0.3) is 6.01 Å². The fraction of sp³-hybridized carbons (Fsp3) is 0.278. The molecule has 0 aliphatic carbocycles. The Morgan fingerprint density at radius 1 is 1.09 bits per heavy atom. The summed E-state index contributed by atoms with van der Waals surface area (Å²) in [5.41, 5.74) is 3.05. The van der Waals surface area contributed by atoms with Crippen LogP contribution in [0.5, 0.6) is 0 Å². The second kappa shape index (κ2) is 5.72. The number of oxazole rings is 1. The van der Waals surface area contributed by atoms with E-state index in [-0.39, 0.29) is 0 Å². The molecule has 0 amide bonds. The molecule has 4 nitrogen and oxygen atoms in total. The monoisotopic (exact) mass is 293 g/mol. The van der Waals surface area contributed by atoms with Crippen molar-refractivity contribution >= 4 is 22.8 Å². The van der Waals surface area contributed by atoms with E-state index < -0.39 is 0 Å². The van der Waals surface area contributed by atoms with Gasteiger partial charge in [-0.15, -0.1) is 0 Å². The van der Waals surface area contributed by atoms with Crippen molar-refractivity contribution in [2.75, 3.05) is 29.9 Å². The summed E-state index contributed by atoms with van der Waals surface area (Å²) in [6.45, 7) is 3.09. The van der Waals surface area contributed by atoms with Crippen LogP contribution in [0, 0.1) is 5.92 Å². The second-order valence-corrected chi connectivity index (χ2v) is 5.80. The Hall–Kier alpha value is -2.49. The number of benzene rings is 2. The average molecular weight is 293 g/mol. The maximum absolute atomic E-state index is 5.70. The van der Waals surface area contributed by atoms with Crippen molar-refractivity contribution in [2.24, 2.45) is 5.92 Å². The molecule has 4 rings (SSSR count). The Labute approximate surface area is 129 Å². The van der Waals surface area contributed by atoms with Gasteiger partial charge in [0.15, 0.2) is 5.58 Å². The first kappa shape index (κ1) is 13.2. The normalized spacial score (nSPS) is 18.0. The minimum absolute atomic E-state index is 0.621. The third-order valence-electron chi connectivity index (χ3n) is 4.24. The Bertz CT molecular complexity index is 720. The second-order valence-electron chi connectivity index (χ2n) is 5.80. The van der Waals surface area contributed by atoms with Crippen molar-refractivity contribution < 1.29 is 4.42 Å². The van der Waals surface area contributed by atoms with Gasteiger partial charge < -0.3 is 14.6 Å². The summed E-state index contributed by atoms with van der Waals surface area (Å²) in [7, 11) is 0. The molecule has 1 fully saturated rings. The summed E-state index contributed by atoms with van der Waals surface area (Å²) < 4.78 is 5.70. The zero-order valence-electron chi connectivity index (χ0n) is 12.4. The average Bonchev–Trinajstić information content (AvgIpc) is 3.20. The van der Waals surface area contributed by atoms with Crippen LogP contribution < -0.4 is 10.2 Å². The van der Waals surface area contributed by atoms with Crippen LogP contribution in [0.4, 0.5) is 11.7 Å². The van der Waals surface area contributed by atoms with Gasteiger partial charge in [-0.2, -0.15) is 4.98 Å². The van der Waals surface area contributed by atoms with E-state index in [1.165, 1.54) is 12.1 Å². The summed E-state index contributed by atoms with van der Waals surface area (Å²) in [6, 6.07) is 19.1. The molecule has 1 saturated heterocycles. The number of hydrogen-bond donors (Lipinski definition) is 1. The van der Waals surface area contributed by atoms with E-state index in [2.05, 4.69) is 45.5 Å². The molecular weight excluding hydrogens is 274 g/mol. The molecule has 1 aromatic heterocycles. The van der Waals surface area contributed by atoms with Crippen molar-refractivity contribution in [3.8, 4) is 0 Å². The van der Waals surface area contributed by atoms with Crippen LogP contribution in [-0.2, 0) is 0 Å². The number of hydrogen-bond acceptors (Lipinski definition) is 4. The Morgan fingerprint density at radius 2 is 1.91 bits per heavy atom. The third-order valence-corrected chi connectivity index (χ3v) is 4.24. The molecule has 112 valence electrons. The molecule has 2 heterocycles. The Kier molecular flexibility index (Phi) is 3.43. The molecule has 22 heavy (non-hydrogen) atoms. The minimum Gasteiger partial charge on any atom is -0.424 e. The Balaban J connectivity index is 1.36. The molecule has 0 radical (unpaired) electrons. The lowest BCUT2D eigenvalue weighted by molar-refractivity contribution is 0.577. The molecule has 0 spiro atoms. The summed E-state index contributed by atoms with van der Waals surface area (Å²) in [5, 5.41) is 3.34. The highest BCUT2D eigenvalue weighted by atomic mass is 16.4. The van der Waals surface area contributed by atoms with Crippen LogP contribution in [0.1, 0.15) is 6.42 Å². The van der Waals surface area contributed by atoms with E-state index in [9.17, 15) is 0 Å². The molecule has 1 aliphatic rings. The van der Waals surface area contributed by atoms with E-state index in [0.717, 1.165) is 30.7 Å². The summed E-state index contributed by atoms with van der Waals surface area (Å²) in [6.07, 6.45) is 1.20. The molecule has 2 aromatic carbocycles. The van der Waals surface area contributed by atoms with Crippen LogP contribution in [0.3, 0.4) is 0 Å². The highest BCUT2D eigenvalue weighted by Gasteiger charge is 2.22. The molecule has 1 atom stereocenters. The first-order chi connectivity index (χ1) is 10.9. The fourth-order valence-electron chi connectivity index (χ4n) is 3.05. The predicted octanol–water partition coefficient (Wildman–Crippen LogP) is 3.77. The van der Waals surface area contributed by atoms with Crippen molar-refractivity contribution in [3.63, 3.8) is 0 Å². The lowest BCUT2D eigenvalue weighted by atomic mass is 10.1. The van der Waals surface area contributed by atoms with Gasteiger partial charge in [-0.25, -0.2) is 0 Å². The number of rotatable bonds is 4. The Morgan fingerprint density at radius 3 is 2.77 bits per heavy atom. The zero-order chi connectivity index (χ0) is 14.8. The first-order valence-electron chi connectivity index (χ1n) is 7.78. The van der Waals surface area contributed by atoms with Crippen LogP contribution in [0.15, 0.2) is 59.0 Å². The maximum Gasteiger partial charge on any atom is 0.295 e. The summed E-state index contributed by atoms with van der Waals surface area (Å²) in [5.74, 6) is 0.621. The van der Waals surface area contributed by atoms with Gasteiger partial charge in [-0.3, -0.25) is 0 Å². The van der Waals surface area contributed by atoms with E-state index in [4.69, 9.17) is 4.42 Å². The highest BCUT2D eigenvalue weighted by molar-refractivity contribution is 5.74. The van der Waals surface area contributed by atoms with Crippen molar-refractivity contribution in [1.29, 1.82) is 0 Å². The molecule has 1 N–H and O–H groups in total. The van der Waals surface area contributed by atoms with Gasteiger partial charge >= 0.3 is 0 Å². The van der Waals surface area contributed by atoms with Gasteiger partial charge in [-0.05, 0) is 36.6 Å². The number of fused-ring (bicyclic) bond motifs is 1. The van der Waals surface area contributed by atoms with Gasteiger partial charge in [0.1, 0.15) is 5.52 Å². The van der Waals surface area contributed by atoms with Gasteiger partial charge in [0.05, 0.1) is 0 Å². The molecule has 0 bridgehead atoms. The smallest absolute Gasteiger partial charge is 0.295 e. The largest absolute Gasteiger partial charge is 0.424 e. The predicted molar refractivity (Wildman–Crippen MR) is 89.3 cm³/mol. The SMILES string of the molecule is c1ccc(N2CCC(CNc3nc4ccccc4o3)C2)cc1. The number of anilines is 2. The van der Waals surface area contributed by atoms with Crippen LogP contribution >= 0.6 is 0 Å². The fourth-order valence-corrected chi connectivity index (χ4v) is 3.05. The quantitative estimate of drug-likeness (QED) is 0.795. The molecule has 4 heteroatoms. The number of para-hydroxylation sites is 3. The first-order valence-corrected chi connectivity index (χ1v) is 7.78. The topological polar surface area (TPSA) is 41.3 Å². The summed E-state index contributed by atoms with van der Waals surface area (Å²) >= 11 is 0. The van der Waals surface area contributed by atoms with Crippen LogP contribution in [0.2, 0.25) is 0 Å². The van der Waals surface area contributed by atoms with Crippen LogP contribution in [-0.4, -0.2) is 24.6 Å². The number of nitrogens with zero attached hydrogens (tertiary/aromatic N) is 2. The van der Waals surface area contributed by atoms with Gasteiger partial charge in [-0.1, -0.05) is 30.3 Å². The maximum atomic E-state index is 5.70. The third kappa shape index (κ3) is 2.64. The standard InChI is InChI=1S/C18H19N3O/c1-2-6-15(7-3-1)21-11-10-14(13-21)12-19-18-20-16-8-4-5-9-17(16)22-18/h1-9,14H,10-13H2,(H,19,20). The molecule has 3 aromatic rings. The van der Waals surface area contributed by atoms with E-state index >= 15 is 0 Å².